The number of nitrogens with one attached hydrogen (secondary N) is 1. The summed E-state index contributed by atoms with van der Waals surface area (Å²) in [5.74, 6) is 1.26. The fraction of sp³-hybridized carbons (Fsp3) is 0.455. The van der Waals surface area contributed by atoms with Crippen LogP contribution in [0.5, 0.6) is 0 Å². The highest BCUT2D eigenvalue weighted by molar-refractivity contribution is 8.00. The Morgan fingerprint density at radius 2 is 2.00 bits per heavy atom. The van der Waals surface area contributed by atoms with Crippen LogP contribution in [0.1, 0.15) is 0 Å². The molecule has 0 radical (unpaired) electrons. The van der Waals surface area contributed by atoms with Crippen LogP contribution >= 0.6 is 11.8 Å². The third-order valence-corrected chi connectivity index (χ3v) is 4.22. The fourth-order valence-corrected chi connectivity index (χ4v) is 3.31. The Hall–Kier alpha value is -0.750. The van der Waals surface area contributed by atoms with Crippen LogP contribution in [0.25, 0.3) is 0 Å². The lowest BCUT2D eigenvalue weighted by Gasteiger charge is -2.06. The Labute approximate surface area is 106 Å². The smallest absolute Gasteiger partial charge is 0.148 e. The number of thioether (sulfide) groups is 1. The Kier molecular flexibility index (Phi) is 5.77. The molecule has 96 valence electrons. The second-order valence-corrected chi connectivity index (χ2v) is 7.13. The summed E-state index contributed by atoms with van der Waals surface area (Å²) in [6, 6.07) is 6.49. The van der Waals surface area contributed by atoms with Crippen molar-refractivity contribution in [3.8, 4) is 0 Å². The maximum absolute atomic E-state index is 13.2. The van der Waals surface area contributed by atoms with Crippen molar-refractivity contribution in [1.29, 1.82) is 0 Å². The van der Waals surface area contributed by atoms with Crippen LogP contribution in [0.15, 0.2) is 24.3 Å². The van der Waals surface area contributed by atoms with E-state index < -0.39 is 9.84 Å². The van der Waals surface area contributed by atoms with Crippen LogP contribution in [-0.2, 0) is 9.84 Å². The van der Waals surface area contributed by atoms with Crippen LogP contribution in [0.4, 0.5) is 10.1 Å². The highest BCUT2D eigenvalue weighted by Crippen LogP contribution is 2.12. The number of sulfone groups is 1. The van der Waals surface area contributed by atoms with E-state index >= 15 is 0 Å². The van der Waals surface area contributed by atoms with Gasteiger partial charge in [-0.3, -0.25) is 0 Å². The Bertz CT molecular complexity index is 449. The topological polar surface area (TPSA) is 46.2 Å². The minimum Gasteiger partial charge on any atom is -0.382 e. The molecule has 1 rings (SSSR count). The lowest BCUT2D eigenvalue weighted by Crippen LogP contribution is -2.09. The van der Waals surface area contributed by atoms with Gasteiger partial charge in [-0.25, -0.2) is 12.8 Å². The molecule has 1 N–H and O–H groups in total. The summed E-state index contributed by atoms with van der Waals surface area (Å²) in [4.78, 5) is 0. The molecule has 0 atom stereocenters. The summed E-state index contributed by atoms with van der Waals surface area (Å²) in [7, 11) is -2.87. The summed E-state index contributed by atoms with van der Waals surface area (Å²) in [5, 5.41) is 2.97. The highest BCUT2D eigenvalue weighted by Gasteiger charge is 2.02. The zero-order valence-electron chi connectivity index (χ0n) is 9.65. The van der Waals surface area contributed by atoms with Crippen molar-refractivity contribution in [2.24, 2.45) is 0 Å². The van der Waals surface area contributed by atoms with Crippen molar-refractivity contribution in [3.63, 3.8) is 0 Å². The average Bonchev–Trinajstić information content (AvgIpc) is 2.24. The molecular formula is C11H16FNO2S2. The average molecular weight is 277 g/mol. The van der Waals surface area contributed by atoms with Crippen LogP contribution in [0.2, 0.25) is 0 Å². The van der Waals surface area contributed by atoms with Gasteiger partial charge in [0.05, 0.1) is 11.4 Å². The maximum atomic E-state index is 13.2. The minimum atomic E-state index is -2.87. The fourth-order valence-electron chi connectivity index (χ4n) is 1.17. The number of rotatable bonds is 7. The summed E-state index contributed by atoms with van der Waals surface area (Å²) >= 11 is 1.54. The normalized spacial score (nSPS) is 11.4. The van der Waals surface area contributed by atoms with Crippen LogP contribution < -0.4 is 5.32 Å². The predicted molar refractivity (Wildman–Crippen MR) is 71.9 cm³/mol. The van der Waals surface area contributed by atoms with E-state index in [1.165, 1.54) is 12.3 Å². The van der Waals surface area contributed by atoms with E-state index in [4.69, 9.17) is 0 Å². The highest BCUT2D eigenvalue weighted by atomic mass is 32.2. The van der Waals surface area contributed by atoms with Crippen LogP contribution in [-0.4, -0.2) is 38.5 Å². The van der Waals surface area contributed by atoms with Gasteiger partial charge >= 0.3 is 0 Å². The molecule has 0 saturated heterocycles. The minimum absolute atomic E-state index is 0.192. The Balaban J connectivity index is 2.15. The van der Waals surface area contributed by atoms with E-state index in [-0.39, 0.29) is 11.6 Å². The number of hydrogen-bond acceptors (Lipinski definition) is 4. The number of benzene rings is 1. The van der Waals surface area contributed by atoms with E-state index in [0.29, 0.717) is 18.0 Å². The molecule has 6 heteroatoms. The molecule has 1 aromatic carbocycles. The van der Waals surface area contributed by atoms with Gasteiger partial charge in [0.1, 0.15) is 15.7 Å². The monoisotopic (exact) mass is 277 g/mol. The van der Waals surface area contributed by atoms with Gasteiger partial charge < -0.3 is 5.32 Å². The molecule has 1 aromatic rings. The summed E-state index contributed by atoms with van der Waals surface area (Å²) < 4.78 is 34.9. The van der Waals surface area contributed by atoms with E-state index in [1.54, 1.807) is 30.0 Å². The molecule has 0 bridgehead atoms. The number of para-hydroxylation sites is 1. The van der Waals surface area contributed by atoms with Crippen molar-refractivity contribution in [1.82, 2.24) is 0 Å². The zero-order chi connectivity index (χ0) is 12.7. The summed E-state index contributed by atoms with van der Waals surface area (Å²) in [6.45, 7) is 0.620. The molecule has 0 aliphatic carbocycles. The van der Waals surface area contributed by atoms with Crippen molar-refractivity contribution >= 4 is 27.3 Å². The first-order valence-corrected chi connectivity index (χ1v) is 8.44. The quantitative estimate of drug-likeness (QED) is 0.775. The van der Waals surface area contributed by atoms with Gasteiger partial charge in [-0.2, -0.15) is 11.8 Å². The van der Waals surface area contributed by atoms with Gasteiger partial charge in [-0.05, 0) is 12.1 Å². The van der Waals surface area contributed by atoms with E-state index in [9.17, 15) is 12.8 Å². The Morgan fingerprint density at radius 3 is 2.65 bits per heavy atom. The predicted octanol–water partition coefficient (Wildman–Crippen LogP) is 2.02. The molecule has 0 saturated carbocycles. The molecular weight excluding hydrogens is 261 g/mol. The first kappa shape index (κ1) is 14.3. The number of anilines is 1. The molecule has 0 heterocycles. The molecule has 0 spiro atoms. The number of halogens is 1. The molecule has 0 aliphatic rings. The Morgan fingerprint density at radius 1 is 1.29 bits per heavy atom. The van der Waals surface area contributed by atoms with Crippen LogP contribution in [0.3, 0.4) is 0 Å². The van der Waals surface area contributed by atoms with Gasteiger partial charge in [0.25, 0.3) is 0 Å². The van der Waals surface area contributed by atoms with Gasteiger partial charge in [-0.1, -0.05) is 12.1 Å². The second-order valence-electron chi connectivity index (χ2n) is 3.65. The van der Waals surface area contributed by atoms with Crippen molar-refractivity contribution in [2.75, 3.05) is 35.4 Å². The molecule has 0 aliphatic heterocycles. The van der Waals surface area contributed by atoms with Gasteiger partial charge in [-0.15, -0.1) is 0 Å². The largest absolute Gasteiger partial charge is 0.382 e. The standard InChI is InChI=1S/C11H16FNO2S2/c1-17(14,15)9-8-16-7-6-13-11-5-3-2-4-10(11)12/h2-5,13H,6-9H2,1H3. The SMILES string of the molecule is CS(=O)(=O)CCSCCNc1ccccc1F. The van der Waals surface area contributed by atoms with Crippen molar-refractivity contribution in [3.05, 3.63) is 30.1 Å². The van der Waals surface area contributed by atoms with E-state index in [1.807, 2.05) is 0 Å². The van der Waals surface area contributed by atoms with E-state index in [2.05, 4.69) is 5.32 Å². The van der Waals surface area contributed by atoms with Crippen molar-refractivity contribution < 1.29 is 12.8 Å². The summed E-state index contributed by atoms with van der Waals surface area (Å²) in [5.41, 5.74) is 0.483. The lowest BCUT2D eigenvalue weighted by molar-refractivity contribution is 0.603. The van der Waals surface area contributed by atoms with Crippen LogP contribution in [0, 0.1) is 5.82 Å². The van der Waals surface area contributed by atoms with Gasteiger partial charge in [0.15, 0.2) is 0 Å². The maximum Gasteiger partial charge on any atom is 0.148 e. The third kappa shape index (κ3) is 6.53. The van der Waals surface area contributed by atoms with E-state index in [0.717, 1.165) is 5.75 Å². The third-order valence-electron chi connectivity index (χ3n) is 2.03. The molecule has 0 aromatic heterocycles. The second kappa shape index (κ2) is 6.86. The molecule has 3 nitrogen and oxygen atoms in total. The lowest BCUT2D eigenvalue weighted by atomic mass is 10.3. The summed E-state index contributed by atoms with van der Waals surface area (Å²) in [6.07, 6.45) is 1.23. The van der Waals surface area contributed by atoms with Gasteiger partial charge in [0.2, 0.25) is 0 Å². The first-order valence-electron chi connectivity index (χ1n) is 5.23. The molecule has 0 fully saturated rings. The zero-order valence-corrected chi connectivity index (χ0v) is 11.3. The van der Waals surface area contributed by atoms with Crippen molar-refractivity contribution in [2.45, 2.75) is 0 Å². The number of hydrogen-bond donors (Lipinski definition) is 1. The van der Waals surface area contributed by atoms with Gasteiger partial charge in [0, 0.05) is 24.3 Å². The molecule has 0 amide bonds. The molecule has 0 unspecified atom stereocenters. The first-order chi connectivity index (χ1) is 7.99. The molecule has 17 heavy (non-hydrogen) atoms.